The molecule has 2 aromatic rings. The number of hydrogen-bond acceptors (Lipinski definition) is 6. The first kappa shape index (κ1) is 23.8. The summed E-state index contributed by atoms with van der Waals surface area (Å²) in [7, 11) is -2.99. The number of carbonyl (C=O) groups excluding carboxylic acids is 2. The molecule has 2 amide bonds. The Hall–Kier alpha value is -2.88. The molecule has 3 aliphatic heterocycles. The predicted octanol–water partition coefficient (Wildman–Crippen LogP) is 1.87. The van der Waals surface area contributed by atoms with Crippen LogP contribution in [0.5, 0.6) is 0 Å². The molecule has 3 fully saturated rings. The highest BCUT2D eigenvalue weighted by molar-refractivity contribution is 7.91. The van der Waals surface area contributed by atoms with Crippen LogP contribution in [0.25, 0.3) is 0 Å². The molecule has 35 heavy (non-hydrogen) atoms. The largest absolute Gasteiger partial charge is 0.365 e. The number of benzene rings is 1. The summed E-state index contributed by atoms with van der Waals surface area (Å²) in [5.41, 5.74) is 4.90. The van der Waals surface area contributed by atoms with Gasteiger partial charge in [-0.1, -0.05) is 17.7 Å². The van der Waals surface area contributed by atoms with Gasteiger partial charge in [0.15, 0.2) is 9.84 Å². The maximum absolute atomic E-state index is 13.2. The van der Waals surface area contributed by atoms with Gasteiger partial charge in [-0.25, -0.2) is 8.42 Å². The van der Waals surface area contributed by atoms with Gasteiger partial charge < -0.3 is 14.7 Å². The van der Waals surface area contributed by atoms with Gasteiger partial charge in [-0.15, -0.1) is 0 Å². The first-order valence-corrected chi connectivity index (χ1v) is 14.1. The van der Waals surface area contributed by atoms with E-state index in [9.17, 15) is 18.0 Å². The molecule has 0 N–H and O–H groups in total. The summed E-state index contributed by atoms with van der Waals surface area (Å²) in [6.45, 7) is 8.96. The molecular formula is C25H33N5O4S. The maximum atomic E-state index is 13.2. The summed E-state index contributed by atoms with van der Waals surface area (Å²) in [6, 6.07) is 7.73. The van der Waals surface area contributed by atoms with Gasteiger partial charge in [-0.05, 0) is 39.3 Å². The number of hydrogen-bond donors (Lipinski definition) is 0. The number of sulfone groups is 1. The van der Waals surface area contributed by atoms with Crippen molar-refractivity contribution >= 4 is 33.0 Å². The van der Waals surface area contributed by atoms with Crippen LogP contribution in [0.4, 0.5) is 11.4 Å². The zero-order valence-electron chi connectivity index (χ0n) is 20.6. The van der Waals surface area contributed by atoms with Crippen molar-refractivity contribution in [1.29, 1.82) is 0 Å². The van der Waals surface area contributed by atoms with Crippen molar-refractivity contribution in [2.45, 2.75) is 39.7 Å². The Morgan fingerprint density at radius 2 is 1.71 bits per heavy atom. The topological polar surface area (TPSA) is 95.8 Å². The van der Waals surface area contributed by atoms with Crippen molar-refractivity contribution < 1.29 is 18.0 Å². The molecule has 5 rings (SSSR count). The number of anilines is 2. The molecule has 1 aromatic carbocycles. The van der Waals surface area contributed by atoms with Gasteiger partial charge in [0.1, 0.15) is 0 Å². The third kappa shape index (κ3) is 4.55. The Morgan fingerprint density at radius 3 is 2.34 bits per heavy atom. The van der Waals surface area contributed by atoms with E-state index in [4.69, 9.17) is 0 Å². The molecule has 188 valence electrons. The van der Waals surface area contributed by atoms with E-state index in [-0.39, 0.29) is 41.7 Å². The molecule has 9 nitrogen and oxygen atoms in total. The van der Waals surface area contributed by atoms with Crippen LogP contribution < -0.4 is 9.80 Å². The molecule has 2 atom stereocenters. The van der Waals surface area contributed by atoms with E-state index in [1.54, 1.807) is 4.90 Å². The molecule has 4 heterocycles. The molecular weight excluding hydrogens is 466 g/mol. The van der Waals surface area contributed by atoms with E-state index < -0.39 is 9.84 Å². The lowest BCUT2D eigenvalue weighted by molar-refractivity contribution is -0.136. The third-order valence-corrected chi connectivity index (χ3v) is 9.32. The van der Waals surface area contributed by atoms with Crippen molar-refractivity contribution in [3.63, 3.8) is 0 Å². The quantitative estimate of drug-likeness (QED) is 0.637. The van der Waals surface area contributed by atoms with E-state index in [1.165, 1.54) is 0 Å². The van der Waals surface area contributed by atoms with Gasteiger partial charge in [-0.3, -0.25) is 14.3 Å². The second-order valence-corrected chi connectivity index (χ2v) is 12.3. The summed E-state index contributed by atoms with van der Waals surface area (Å²) in [4.78, 5) is 31.7. The second kappa shape index (κ2) is 8.96. The van der Waals surface area contributed by atoms with Crippen LogP contribution in [0, 0.1) is 26.7 Å². The lowest BCUT2D eigenvalue weighted by Gasteiger charge is -2.37. The van der Waals surface area contributed by atoms with E-state index in [1.807, 2.05) is 54.6 Å². The first-order chi connectivity index (χ1) is 16.6. The number of aromatic nitrogens is 2. The molecule has 1 aromatic heterocycles. The molecule has 0 aliphatic carbocycles. The zero-order chi connectivity index (χ0) is 24.9. The van der Waals surface area contributed by atoms with Crippen molar-refractivity contribution in [2.75, 3.05) is 54.0 Å². The van der Waals surface area contributed by atoms with Gasteiger partial charge in [0.25, 0.3) is 0 Å². The predicted molar refractivity (Wildman–Crippen MR) is 134 cm³/mol. The summed E-state index contributed by atoms with van der Waals surface area (Å²) >= 11 is 0. The van der Waals surface area contributed by atoms with Gasteiger partial charge in [0.05, 0.1) is 40.5 Å². The van der Waals surface area contributed by atoms with Gasteiger partial charge in [0, 0.05) is 44.8 Å². The average molecular weight is 500 g/mol. The van der Waals surface area contributed by atoms with Crippen LogP contribution in [0.3, 0.4) is 0 Å². The fourth-order valence-electron chi connectivity index (χ4n) is 5.69. The number of carbonyl (C=O) groups is 2. The van der Waals surface area contributed by atoms with Crippen LogP contribution in [0.2, 0.25) is 0 Å². The van der Waals surface area contributed by atoms with E-state index >= 15 is 0 Å². The van der Waals surface area contributed by atoms with E-state index in [2.05, 4.69) is 10.00 Å². The SMILES string of the molecule is Cc1ccc(N2CC(C(=O)N3CCN(c4c(C)nn(C5CCS(=O)(=O)C5)c4C)CC3)CC2=O)cc1. The van der Waals surface area contributed by atoms with Crippen molar-refractivity contribution in [3.05, 3.63) is 41.2 Å². The van der Waals surface area contributed by atoms with Crippen LogP contribution in [-0.2, 0) is 19.4 Å². The highest BCUT2D eigenvalue weighted by Gasteiger charge is 2.38. The average Bonchev–Trinajstić information content (AvgIpc) is 3.48. The highest BCUT2D eigenvalue weighted by Crippen LogP contribution is 2.32. The van der Waals surface area contributed by atoms with Gasteiger partial charge in [0.2, 0.25) is 11.8 Å². The lowest BCUT2D eigenvalue weighted by Crippen LogP contribution is -2.51. The Balaban J connectivity index is 1.22. The number of piperazine rings is 1. The number of rotatable bonds is 4. The normalized spacial score (nSPS) is 24.4. The standard InChI is InChI=1S/C25H33N5O4S/c1-17-4-6-21(7-5-17)29-15-20(14-23(29)31)25(32)28-11-9-27(10-12-28)24-18(2)26-30(19(24)3)22-8-13-35(33,34)16-22/h4-7,20,22H,8-16H2,1-3H3. The Morgan fingerprint density at radius 1 is 1.03 bits per heavy atom. The fraction of sp³-hybridized carbons (Fsp3) is 0.560. The fourth-order valence-corrected chi connectivity index (χ4v) is 7.38. The van der Waals surface area contributed by atoms with Crippen LogP contribution in [-0.4, -0.2) is 79.1 Å². The van der Waals surface area contributed by atoms with E-state index in [0.717, 1.165) is 28.3 Å². The number of amides is 2. The molecule has 0 saturated carbocycles. The molecule has 0 spiro atoms. The van der Waals surface area contributed by atoms with Crippen molar-refractivity contribution in [1.82, 2.24) is 14.7 Å². The number of aryl methyl sites for hydroxylation is 2. The molecule has 3 aliphatic rings. The summed E-state index contributed by atoms with van der Waals surface area (Å²) in [6.07, 6.45) is 0.855. The monoisotopic (exact) mass is 499 g/mol. The van der Waals surface area contributed by atoms with Crippen LogP contribution >= 0.6 is 0 Å². The Bertz CT molecular complexity index is 1250. The van der Waals surface area contributed by atoms with Crippen molar-refractivity contribution in [2.24, 2.45) is 5.92 Å². The minimum atomic E-state index is -2.99. The molecule has 0 bridgehead atoms. The third-order valence-electron chi connectivity index (χ3n) is 7.57. The molecule has 2 unspecified atom stereocenters. The van der Waals surface area contributed by atoms with Crippen LogP contribution in [0.15, 0.2) is 24.3 Å². The van der Waals surface area contributed by atoms with Gasteiger partial charge >= 0.3 is 0 Å². The highest BCUT2D eigenvalue weighted by atomic mass is 32.2. The summed E-state index contributed by atoms with van der Waals surface area (Å²) < 4.78 is 25.8. The summed E-state index contributed by atoms with van der Waals surface area (Å²) in [5.74, 6) is 0.102. The number of nitrogens with zero attached hydrogens (tertiary/aromatic N) is 5. The first-order valence-electron chi connectivity index (χ1n) is 12.3. The molecule has 0 radical (unpaired) electrons. The van der Waals surface area contributed by atoms with E-state index in [0.29, 0.717) is 39.1 Å². The Kier molecular flexibility index (Phi) is 6.11. The second-order valence-electron chi connectivity index (χ2n) is 10.1. The minimum Gasteiger partial charge on any atom is -0.365 e. The smallest absolute Gasteiger partial charge is 0.228 e. The minimum absolute atomic E-state index is 0.00145. The maximum Gasteiger partial charge on any atom is 0.228 e. The Labute approximate surface area is 206 Å². The molecule has 10 heteroatoms. The van der Waals surface area contributed by atoms with Crippen molar-refractivity contribution in [3.8, 4) is 0 Å². The van der Waals surface area contributed by atoms with Crippen LogP contribution in [0.1, 0.15) is 35.8 Å². The zero-order valence-corrected chi connectivity index (χ0v) is 21.4. The summed E-state index contributed by atoms with van der Waals surface area (Å²) in [5, 5.41) is 4.69. The van der Waals surface area contributed by atoms with Gasteiger partial charge in [-0.2, -0.15) is 5.10 Å². The lowest BCUT2D eigenvalue weighted by atomic mass is 10.1. The molecule has 3 saturated heterocycles.